The highest BCUT2D eigenvalue weighted by Gasteiger charge is 2.26. The van der Waals surface area contributed by atoms with Crippen molar-refractivity contribution in [2.24, 2.45) is 0 Å². The van der Waals surface area contributed by atoms with Crippen LogP contribution in [0.5, 0.6) is 0 Å². The molecule has 3 aromatic rings. The summed E-state index contributed by atoms with van der Waals surface area (Å²) in [5.41, 5.74) is 10.1. The lowest BCUT2D eigenvalue weighted by Gasteiger charge is -2.26. The third-order valence-electron chi connectivity index (χ3n) is 6.44. The molecule has 4 N–H and O–H groups in total. The number of nitrogen functional groups attached to an aromatic ring is 1. The van der Waals surface area contributed by atoms with E-state index >= 15 is 0 Å². The molecule has 162 valence electrons. The molecule has 1 amide bonds. The number of hydrogen-bond donors (Lipinski definition) is 3. The summed E-state index contributed by atoms with van der Waals surface area (Å²) in [5.74, 6) is 0.964. The van der Waals surface area contributed by atoms with E-state index in [1.807, 2.05) is 26.1 Å². The van der Waals surface area contributed by atoms with E-state index in [-0.39, 0.29) is 11.9 Å². The van der Waals surface area contributed by atoms with Gasteiger partial charge in [-0.15, -0.1) is 11.3 Å². The summed E-state index contributed by atoms with van der Waals surface area (Å²) < 4.78 is 0. The monoisotopic (exact) mass is 436 g/mol. The molecule has 0 aromatic carbocycles. The fraction of sp³-hybridized carbons (Fsp3) is 0.435. The van der Waals surface area contributed by atoms with Gasteiger partial charge in [-0.05, 0) is 63.4 Å². The van der Waals surface area contributed by atoms with Crippen molar-refractivity contribution >= 4 is 39.0 Å². The molecule has 2 aliphatic rings. The Bertz CT molecular complexity index is 1140. The Balaban J connectivity index is 1.28. The topological polar surface area (TPSA) is 96.2 Å². The summed E-state index contributed by atoms with van der Waals surface area (Å²) in [6.45, 7) is 3.99. The van der Waals surface area contributed by atoms with Gasteiger partial charge in [-0.2, -0.15) is 0 Å². The summed E-state index contributed by atoms with van der Waals surface area (Å²) in [4.78, 5) is 26.1. The minimum atomic E-state index is -0.105. The molecule has 0 spiro atoms. The van der Waals surface area contributed by atoms with Gasteiger partial charge in [0.15, 0.2) is 0 Å². The SMILES string of the molecule is CN[C@H]1CCN(c2ccc3c(n2)CC[C@H](NC(=O)c2sc4nc(C)ccc4c2N)C3)C1. The molecular formula is C23H28N6OS. The number of nitrogens with one attached hydrogen (secondary N) is 2. The zero-order valence-corrected chi connectivity index (χ0v) is 18.8. The van der Waals surface area contributed by atoms with Crippen molar-refractivity contribution in [1.29, 1.82) is 0 Å². The number of thiophene rings is 1. The number of fused-ring (bicyclic) bond motifs is 2. The van der Waals surface area contributed by atoms with Crippen molar-refractivity contribution in [2.75, 3.05) is 30.8 Å². The molecule has 0 bridgehead atoms. The van der Waals surface area contributed by atoms with Crippen LogP contribution in [0.25, 0.3) is 10.2 Å². The van der Waals surface area contributed by atoms with E-state index in [0.717, 1.165) is 66.2 Å². The molecule has 1 aliphatic carbocycles. The predicted octanol–water partition coefficient (Wildman–Crippen LogP) is 2.67. The Hall–Kier alpha value is -2.71. The van der Waals surface area contributed by atoms with Gasteiger partial charge in [-0.1, -0.05) is 6.07 Å². The van der Waals surface area contributed by atoms with Crippen molar-refractivity contribution in [3.05, 3.63) is 46.1 Å². The van der Waals surface area contributed by atoms with Crippen LogP contribution in [0, 0.1) is 6.92 Å². The second-order valence-corrected chi connectivity index (χ2v) is 9.56. The van der Waals surface area contributed by atoms with E-state index in [4.69, 9.17) is 10.7 Å². The molecule has 4 heterocycles. The van der Waals surface area contributed by atoms with Crippen molar-refractivity contribution in [3.63, 3.8) is 0 Å². The highest BCUT2D eigenvalue weighted by Crippen LogP contribution is 2.33. The van der Waals surface area contributed by atoms with Crippen molar-refractivity contribution in [2.45, 2.75) is 44.7 Å². The molecule has 8 heteroatoms. The van der Waals surface area contributed by atoms with E-state index in [9.17, 15) is 4.79 Å². The van der Waals surface area contributed by atoms with Gasteiger partial charge in [0.25, 0.3) is 5.91 Å². The standard InChI is InChI=1S/C23H28N6OS/c1-13-3-6-17-20(24)21(31-23(17)26-13)22(30)27-15-5-7-18-14(11-15)4-8-19(28-18)29-10-9-16(12-29)25-2/h3-4,6,8,15-16,25H,5,7,9-12,24H2,1-2H3,(H,27,30)/t15-,16-/m0/s1. The summed E-state index contributed by atoms with van der Waals surface area (Å²) in [7, 11) is 2.02. The van der Waals surface area contributed by atoms with Gasteiger partial charge in [0, 0.05) is 41.9 Å². The number of amides is 1. The normalized spacial score (nSPS) is 20.8. The molecule has 1 fully saturated rings. The number of nitrogens with zero attached hydrogens (tertiary/aromatic N) is 3. The molecule has 3 aromatic heterocycles. The second-order valence-electron chi connectivity index (χ2n) is 8.56. The Morgan fingerprint density at radius 1 is 1.19 bits per heavy atom. The highest BCUT2D eigenvalue weighted by atomic mass is 32.1. The Kier molecular flexibility index (Phi) is 5.27. The molecule has 5 rings (SSSR count). The first-order chi connectivity index (χ1) is 15.0. The maximum atomic E-state index is 13.0. The molecular weight excluding hydrogens is 408 g/mol. The number of anilines is 2. The van der Waals surface area contributed by atoms with Gasteiger partial charge in [0.1, 0.15) is 15.5 Å². The maximum absolute atomic E-state index is 13.0. The van der Waals surface area contributed by atoms with Gasteiger partial charge in [-0.3, -0.25) is 4.79 Å². The van der Waals surface area contributed by atoms with Crippen LogP contribution in [0.3, 0.4) is 0 Å². The Morgan fingerprint density at radius 2 is 2.06 bits per heavy atom. The summed E-state index contributed by atoms with van der Waals surface area (Å²) in [6.07, 6.45) is 3.71. The van der Waals surface area contributed by atoms with Gasteiger partial charge >= 0.3 is 0 Å². The molecule has 1 saturated heterocycles. The maximum Gasteiger partial charge on any atom is 0.263 e. The van der Waals surface area contributed by atoms with Crippen LogP contribution in [-0.4, -0.2) is 48.1 Å². The summed E-state index contributed by atoms with van der Waals surface area (Å²) in [6, 6.07) is 8.81. The smallest absolute Gasteiger partial charge is 0.263 e. The van der Waals surface area contributed by atoms with E-state index in [1.165, 1.54) is 16.9 Å². The number of nitrogens with two attached hydrogens (primary N) is 1. The largest absolute Gasteiger partial charge is 0.397 e. The molecule has 1 aliphatic heterocycles. The molecule has 0 radical (unpaired) electrons. The third-order valence-corrected chi connectivity index (χ3v) is 7.56. The van der Waals surface area contributed by atoms with Crippen LogP contribution >= 0.6 is 11.3 Å². The lowest BCUT2D eigenvalue weighted by atomic mass is 9.91. The Labute approximate surface area is 186 Å². The van der Waals surface area contributed by atoms with Crippen LogP contribution in [-0.2, 0) is 12.8 Å². The number of rotatable bonds is 4. The van der Waals surface area contributed by atoms with E-state index in [1.54, 1.807) is 0 Å². The van der Waals surface area contributed by atoms with Crippen LogP contribution in [0.15, 0.2) is 24.3 Å². The lowest BCUT2D eigenvalue weighted by molar-refractivity contribution is 0.0938. The molecule has 0 unspecified atom stereocenters. The fourth-order valence-electron chi connectivity index (χ4n) is 4.61. The van der Waals surface area contributed by atoms with Crippen LogP contribution in [0.2, 0.25) is 0 Å². The van der Waals surface area contributed by atoms with Crippen molar-refractivity contribution in [3.8, 4) is 0 Å². The van der Waals surface area contributed by atoms with Crippen LogP contribution in [0.4, 0.5) is 11.5 Å². The summed E-state index contributed by atoms with van der Waals surface area (Å²) in [5, 5.41) is 7.41. The minimum Gasteiger partial charge on any atom is -0.397 e. The molecule has 31 heavy (non-hydrogen) atoms. The van der Waals surface area contributed by atoms with Crippen LogP contribution < -0.4 is 21.3 Å². The number of hydrogen-bond acceptors (Lipinski definition) is 7. The van der Waals surface area contributed by atoms with E-state index in [2.05, 4.69) is 32.7 Å². The average molecular weight is 437 g/mol. The zero-order valence-electron chi connectivity index (χ0n) is 17.9. The van der Waals surface area contributed by atoms with Gasteiger partial charge < -0.3 is 21.3 Å². The van der Waals surface area contributed by atoms with Gasteiger partial charge in [-0.25, -0.2) is 9.97 Å². The quantitative estimate of drug-likeness (QED) is 0.582. The zero-order chi connectivity index (χ0) is 21.5. The first-order valence-corrected chi connectivity index (χ1v) is 11.7. The molecule has 2 atom stereocenters. The highest BCUT2D eigenvalue weighted by molar-refractivity contribution is 7.21. The van der Waals surface area contributed by atoms with Crippen LogP contribution in [0.1, 0.15) is 39.5 Å². The number of carbonyl (C=O) groups is 1. The first-order valence-electron chi connectivity index (χ1n) is 10.9. The fourth-order valence-corrected chi connectivity index (χ4v) is 5.65. The van der Waals surface area contributed by atoms with Crippen molar-refractivity contribution < 1.29 is 4.79 Å². The molecule has 0 saturated carbocycles. The van der Waals surface area contributed by atoms with Gasteiger partial charge in [0.05, 0.1) is 5.69 Å². The number of carbonyl (C=O) groups excluding carboxylic acids is 1. The summed E-state index contributed by atoms with van der Waals surface area (Å²) >= 11 is 1.37. The average Bonchev–Trinajstić information content (AvgIpc) is 3.38. The number of aryl methyl sites for hydroxylation is 2. The number of likely N-dealkylation sites (N-methyl/N-ethyl adjacent to an activating group) is 1. The Morgan fingerprint density at radius 3 is 2.87 bits per heavy atom. The number of pyridine rings is 2. The third kappa shape index (κ3) is 3.85. The first kappa shape index (κ1) is 20.2. The minimum absolute atomic E-state index is 0.0902. The predicted molar refractivity (Wildman–Crippen MR) is 126 cm³/mol. The second kappa shape index (κ2) is 8.09. The van der Waals surface area contributed by atoms with E-state index < -0.39 is 0 Å². The van der Waals surface area contributed by atoms with E-state index in [0.29, 0.717) is 16.6 Å². The number of aromatic nitrogens is 2. The lowest BCUT2D eigenvalue weighted by Crippen LogP contribution is -2.39. The van der Waals surface area contributed by atoms with Crippen molar-refractivity contribution in [1.82, 2.24) is 20.6 Å². The molecule has 7 nitrogen and oxygen atoms in total. The van der Waals surface area contributed by atoms with Gasteiger partial charge in [0.2, 0.25) is 0 Å².